The summed E-state index contributed by atoms with van der Waals surface area (Å²) in [5, 5.41) is 16.4. The first kappa shape index (κ1) is 9.11. The Balaban J connectivity index is 0.000000810. The van der Waals surface area contributed by atoms with E-state index in [1.54, 1.807) is 6.07 Å². The van der Waals surface area contributed by atoms with Crippen molar-refractivity contribution in [3.8, 4) is 12.1 Å². The van der Waals surface area contributed by atoms with Crippen molar-refractivity contribution < 1.29 is 0 Å². The summed E-state index contributed by atoms with van der Waals surface area (Å²) in [6, 6.07) is 3.58. The first-order valence-electron chi connectivity index (χ1n) is 2.22. The van der Waals surface area contributed by atoms with E-state index in [9.17, 15) is 0 Å². The van der Waals surface area contributed by atoms with Crippen LogP contribution < -0.4 is 0 Å². The first-order chi connectivity index (χ1) is 4.36. The summed E-state index contributed by atoms with van der Waals surface area (Å²) < 4.78 is 0. The Morgan fingerprint density at radius 2 is 2.10 bits per heavy atom. The normalized spacial score (nSPS) is 7.00. The van der Waals surface area contributed by atoms with Gasteiger partial charge in [-0.1, -0.05) is 0 Å². The molecular weight excluding hydrogens is 323 g/mol. The largest absolute Gasteiger partial charge is 0.321 e. The standard InChI is InChI=1S/C5H2N4.Pb/c6-1-4-3-8-5(2-7)9-4;/h3H,(H,8,9);. The Bertz CT molecular complexity index is 261. The Morgan fingerprint density at radius 3 is 2.40 bits per heavy atom. The Labute approximate surface area is 77.7 Å². The molecule has 0 aliphatic carbocycles. The molecule has 0 saturated heterocycles. The summed E-state index contributed by atoms with van der Waals surface area (Å²) in [6.07, 6.45) is 1.32. The number of imidazole rings is 1. The number of aromatic nitrogens is 2. The second-order valence-electron chi connectivity index (χ2n) is 1.37. The summed E-state index contributed by atoms with van der Waals surface area (Å²) >= 11 is 0. The third-order valence-corrected chi connectivity index (χ3v) is 0.802. The topological polar surface area (TPSA) is 76.3 Å². The van der Waals surface area contributed by atoms with Crippen LogP contribution in [0.4, 0.5) is 0 Å². The number of H-pyrrole nitrogens is 1. The van der Waals surface area contributed by atoms with Crippen LogP contribution in [0.15, 0.2) is 6.20 Å². The number of nitrogens with zero attached hydrogens (tertiary/aromatic N) is 3. The van der Waals surface area contributed by atoms with E-state index in [4.69, 9.17) is 10.5 Å². The predicted octanol–water partition coefficient (Wildman–Crippen LogP) is -0.228. The SMILES string of the molecule is N#Cc1cnc(C#N)[nH]1.[Pb]. The van der Waals surface area contributed by atoms with Crippen LogP contribution in [0.2, 0.25) is 0 Å². The number of rotatable bonds is 0. The fraction of sp³-hybridized carbons (Fsp3) is 0. The van der Waals surface area contributed by atoms with Crippen LogP contribution in [0, 0.1) is 22.7 Å². The van der Waals surface area contributed by atoms with Crippen molar-refractivity contribution in [2.75, 3.05) is 0 Å². The molecule has 1 rings (SSSR count). The molecule has 4 nitrogen and oxygen atoms in total. The second kappa shape index (κ2) is 4.01. The van der Waals surface area contributed by atoms with Crippen LogP contribution >= 0.6 is 0 Å². The monoisotopic (exact) mass is 326 g/mol. The number of nitriles is 2. The number of aromatic amines is 1. The van der Waals surface area contributed by atoms with Gasteiger partial charge < -0.3 is 4.98 Å². The maximum Gasteiger partial charge on any atom is 0.211 e. The van der Waals surface area contributed by atoms with Gasteiger partial charge in [-0.25, -0.2) is 4.98 Å². The fourth-order valence-electron chi connectivity index (χ4n) is 0.435. The molecule has 0 unspecified atom stereocenters. The molecule has 0 atom stereocenters. The van der Waals surface area contributed by atoms with Gasteiger partial charge in [0.1, 0.15) is 17.8 Å². The molecule has 1 heterocycles. The minimum atomic E-state index is 0. The molecule has 1 N–H and O–H groups in total. The van der Waals surface area contributed by atoms with Crippen molar-refractivity contribution in [2.45, 2.75) is 0 Å². The maximum absolute atomic E-state index is 8.22. The van der Waals surface area contributed by atoms with Crippen molar-refractivity contribution in [1.29, 1.82) is 10.5 Å². The molecule has 0 amide bonds. The van der Waals surface area contributed by atoms with E-state index < -0.39 is 0 Å². The van der Waals surface area contributed by atoms with Crippen LogP contribution in [0.5, 0.6) is 0 Å². The number of hydrogen-bond donors (Lipinski definition) is 1. The molecule has 0 spiro atoms. The van der Waals surface area contributed by atoms with E-state index in [0.717, 1.165) is 0 Å². The fourth-order valence-corrected chi connectivity index (χ4v) is 0.435. The van der Waals surface area contributed by atoms with Gasteiger partial charge in [0.25, 0.3) is 0 Å². The van der Waals surface area contributed by atoms with Gasteiger partial charge in [0, 0.05) is 27.3 Å². The van der Waals surface area contributed by atoms with Gasteiger partial charge in [-0.05, 0) is 0 Å². The van der Waals surface area contributed by atoms with E-state index in [-0.39, 0.29) is 33.1 Å². The summed E-state index contributed by atoms with van der Waals surface area (Å²) in [4.78, 5) is 6.05. The molecule has 0 aliphatic rings. The maximum atomic E-state index is 8.22. The van der Waals surface area contributed by atoms with E-state index in [0.29, 0.717) is 5.69 Å². The number of hydrogen-bond acceptors (Lipinski definition) is 3. The molecule has 0 bridgehead atoms. The minimum Gasteiger partial charge on any atom is -0.321 e. The molecule has 0 aromatic carbocycles. The van der Waals surface area contributed by atoms with Crippen molar-refractivity contribution in [1.82, 2.24) is 9.97 Å². The van der Waals surface area contributed by atoms with Crippen molar-refractivity contribution in [2.24, 2.45) is 0 Å². The van der Waals surface area contributed by atoms with Crippen molar-refractivity contribution in [3.63, 3.8) is 0 Å². The quantitative estimate of drug-likeness (QED) is 0.670. The molecular formula is C5H2N4Pb. The Kier molecular flexibility index (Phi) is 3.66. The summed E-state index contributed by atoms with van der Waals surface area (Å²) in [7, 11) is 0. The third kappa shape index (κ3) is 1.81. The van der Waals surface area contributed by atoms with E-state index >= 15 is 0 Å². The Morgan fingerprint density at radius 1 is 1.40 bits per heavy atom. The smallest absolute Gasteiger partial charge is 0.211 e. The summed E-state index contributed by atoms with van der Waals surface area (Å²) in [5.41, 5.74) is 0.312. The zero-order valence-corrected chi connectivity index (χ0v) is 8.81. The third-order valence-electron chi connectivity index (χ3n) is 0.802. The second-order valence-corrected chi connectivity index (χ2v) is 1.37. The van der Waals surface area contributed by atoms with E-state index in [2.05, 4.69) is 9.97 Å². The molecule has 46 valence electrons. The van der Waals surface area contributed by atoms with Gasteiger partial charge in [0.15, 0.2) is 0 Å². The molecule has 0 fully saturated rings. The number of nitrogens with one attached hydrogen (secondary N) is 1. The van der Waals surface area contributed by atoms with E-state index in [1.165, 1.54) is 6.20 Å². The van der Waals surface area contributed by atoms with Gasteiger partial charge in [-0.15, -0.1) is 0 Å². The minimum absolute atomic E-state index is 0. The molecule has 0 aliphatic heterocycles. The Hall–Kier alpha value is -0.888. The van der Waals surface area contributed by atoms with Crippen LogP contribution in [0.1, 0.15) is 11.5 Å². The first-order valence-corrected chi connectivity index (χ1v) is 2.22. The van der Waals surface area contributed by atoms with Gasteiger partial charge in [0.05, 0.1) is 6.20 Å². The zero-order valence-electron chi connectivity index (χ0n) is 4.92. The van der Waals surface area contributed by atoms with Crippen molar-refractivity contribution >= 4 is 27.3 Å². The zero-order chi connectivity index (χ0) is 6.69. The van der Waals surface area contributed by atoms with Crippen LogP contribution in [0.3, 0.4) is 0 Å². The molecule has 4 radical (unpaired) electrons. The molecule has 5 heteroatoms. The van der Waals surface area contributed by atoms with Crippen LogP contribution in [0.25, 0.3) is 0 Å². The van der Waals surface area contributed by atoms with Gasteiger partial charge in [-0.2, -0.15) is 10.5 Å². The van der Waals surface area contributed by atoms with Crippen LogP contribution in [-0.4, -0.2) is 37.3 Å². The molecule has 0 saturated carbocycles. The average Bonchev–Trinajstić information content (AvgIpc) is 2.34. The summed E-state index contributed by atoms with van der Waals surface area (Å²) in [6.45, 7) is 0. The van der Waals surface area contributed by atoms with Gasteiger partial charge >= 0.3 is 0 Å². The average molecular weight is 325 g/mol. The van der Waals surface area contributed by atoms with Gasteiger partial charge in [0.2, 0.25) is 5.82 Å². The molecule has 1 aromatic rings. The van der Waals surface area contributed by atoms with Crippen LogP contribution in [-0.2, 0) is 0 Å². The van der Waals surface area contributed by atoms with Crippen molar-refractivity contribution in [3.05, 3.63) is 17.7 Å². The summed E-state index contributed by atoms with van der Waals surface area (Å²) in [5.74, 6) is 0.173. The van der Waals surface area contributed by atoms with E-state index in [1.807, 2.05) is 6.07 Å². The molecule has 10 heavy (non-hydrogen) atoms. The molecule has 1 aromatic heterocycles. The van der Waals surface area contributed by atoms with Gasteiger partial charge in [-0.3, -0.25) is 0 Å². The predicted molar refractivity (Wildman–Crippen MR) is 33.8 cm³/mol.